The summed E-state index contributed by atoms with van der Waals surface area (Å²) in [4.78, 5) is 17.1. The number of rotatable bonds is 1. The monoisotopic (exact) mass is 314 g/mol. The van der Waals surface area contributed by atoms with Crippen LogP contribution in [0.1, 0.15) is 75.7 Å². The van der Waals surface area contributed by atoms with Crippen LogP contribution in [0.5, 0.6) is 0 Å². The van der Waals surface area contributed by atoms with Crippen LogP contribution in [-0.2, 0) is 0 Å². The van der Waals surface area contributed by atoms with Gasteiger partial charge in [-0.3, -0.25) is 0 Å². The molecule has 0 amide bonds. The van der Waals surface area contributed by atoms with Crippen molar-refractivity contribution in [3.63, 3.8) is 0 Å². The molecule has 0 radical (unpaired) electrons. The van der Waals surface area contributed by atoms with Crippen molar-refractivity contribution >= 4 is 12.3 Å². The van der Waals surface area contributed by atoms with E-state index < -0.39 is 12.3 Å². The van der Waals surface area contributed by atoms with E-state index in [9.17, 15) is 0 Å². The van der Waals surface area contributed by atoms with Gasteiger partial charge in [-0.2, -0.15) is 0 Å². The summed E-state index contributed by atoms with van der Waals surface area (Å²) in [6.07, 6.45) is -1.03. The van der Waals surface area contributed by atoms with Crippen molar-refractivity contribution in [1.82, 2.24) is 0 Å². The third kappa shape index (κ3) is 24000. The first-order chi connectivity index (χ1) is 8.84. The average Bonchev–Trinajstić information content (AvgIpc) is 2.13. The second-order valence-corrected chi connectivity index (χ2v) is 5.03. The summed E-state index contributed by atoms with van der Waals surface area (Å²) in [5, 5.41) is 27.9. The first-order valence-electron chi connectivity index (χ1n) is 6.68. The highest BCUT2D eigenvalue weighted by molar-refractivity contribution is 5.53. The van der Waals surface area contributed by atoms with E-state index in [4.69, 9.17) is 30.0 Å². The smallest absolute Gasteiger partial charge is 0.450 e. The third-order valence-electron chi connectivity index (χ3n) is 0.500. The van der Waals surface area contributed by atoms with Gasteiger partial charge in [0.25, 0.3) is 0 Å². The molecule has 0 rings (SSSR count). The zero-order valence-corrected chi connectivity index (χ0v) is 14.2. The van der Waals surface area contributed by atoms with E-state index in [1.165, 1.54) is 12.8 Å². The lowest BCUT2D eigenvalue weighted by Crippen LogP contribution is -1.81. The van der Waals surface area contributed by atoms with E-state index in [2.05, 4.69) is 55.4 Å². The molecule has 0 bridgehead atoms. The van der Waals surface area contributed by atoms with Crippen LogP contribution < -0.4 is 0 Å². The van der Waals surface area contributed by atoms with Crippen LogP contribution in [0.3, 0.4) is 0 Å². The molecule has 0 aliphatic carbocycles. The fourth-order valence-corrected chi connectivity index (χ4v) is 0. The minimum Gasteiger partial charge on any atom is -0.450 e. The van der Waals surface area contributed by atoms with Crippen LogP contribution in [0.15, 0.2) is 0 Å². The van der Waals surface area contributed by atoms with Gasteiger partial charge in [-0.05, 0) is 11.8 Å². The topological polar surface area (TPSA) is 115 Å². The molecule has 0 heterocycles. The molecule has 0 unspecified atom stereocenters. The van der Waals surface area contributed by atoms with Crippen LogP contribution in [0.4, 0.5) is 9.59 Å². The van der Waals surface area contributed by atoms with E-state index in [1.807, 2.05) is 0 Å². The SMILES string of the molecule is C.CC(C)C.CC(C)C.CCCC.O=C(O)O.O=C(O)O. The highest BCUT2D eigenvalue weighted by Gasteiger charge is 1.70. The van der Waals surface area contributed by atoms with E-state index in [0.717, 1.165) is 11.8 Å². The van der Waals surface area contributed by atoms with Gasteiger partial charge in [0.2, 0.25) is 0 Å². The Bertz CT molecular complexity index is 145. The van der Waals surface area contributed by atoms with Crippen LogP contribution in [0.2, 0.25) is 0 Å². The first-order valence-corrected chi connectivity index (χ1v) is 6.68. The lowest BCUT2D eigenvalue weighted by molar-refractivity contribution is 0.135. The van der Waals surface area contributed by atoms with Gasteiger partial charge in [0, 0.05) is 0 Å². The summed E-state index contributed by atoms with van der Waals surface area (Å²) < 4.78 is 0. The van der Waals surface area contributed by atoms with Crippen molar-refractivity contribution in [2.45, 2.75) is 75.7 Å². The Hall–Kier alpha value is -1.46. The van der Waals surface area contributed by atoms with Crippen molar-refractivity contribution in [2.24, 2.45) is 11.8 Å². The van der Waals surface area contributed by atoms with Gasteiger partial charge < -0.3 is 20.4 Å². The van der Waals surface area contributed by atoms with Gasteiger partial charge in [-0.25, -0.2) is 9.59 Å². The summed E-state index contributed by atoms with van der Waals surface area (Å²) in [6.45, 7) is 17.4. The normalized spacial score (nSPS) is 7.14. The summed E-state index contributed by atoms with van der Waals surface area (Å²) in [5.41, 5.74) is 0. The van der Waals surface area contributed by atoms with Crippen LogP contribution in [0, 0.1) is 11.8 Å². The lowest BCUT2D eigenvalue weighted by atomic mass is 10.3. The van der Waals surface area contributed by atoms with E-state index >= 15 is 0 Å². The van der Waals surface area contributed by atoms with Crippen LogP contribution in [-0.4, -0.2) is 32.7 Å². The number of hydrogen-bond donors (Lipinski definition) is 4. The molecule has 6 heteroatoms. The maximum atomic E-state index is 8.56. The average molecular weight is 314 g/mol. The molecule has 4 N–H and O–H groups in total. The number of carbonyl (C=O) groups is 2. The molecular weight excluding hydrogens is 276 g/mol. The molecule has 0 aromatic heterocycles. The lowest BCUT2D eigenvalue weighted by Gasteiger charge is -1.79. The molecule has 6 nitrogen and oxygen atoms in total. The quantitative estimate of drug-likeness (QED) is 0.457. The largest absolute Gasteiger partial charge is 0.503 e. The van der Waals surface area contributed by atoms with Gasteiger partial charge in [0.15, 0.2) is 0 Å². The Morgan fingerprint density at radius 3 is 0.714 bits per heavy atom. The minimum atomic E-state index is -1.83. The van der Waals surface area contributed by atoms with Gasteiger partial charge in [-0.1, -0.05) is 75.7 Å². The molecule has 134 valence electrons. The van der Waals surface area contributed by atoms with Gasteiger partial charge in [0.1, 0.15) is 0 Å². The highest BCUT2D eigenvalue weighted by atomic mass is 16.6. The zero-order valence-electron chi connectivity index (χ0n) is 14.2. The molecule has 0 atom stereocenters. The number of carboxylic acid groups (broad SMARTS) is 4. The Balaban J connectivity index is -0.0000000331. The van der Waals surface area contributed by atoms with E-state index in [1.54, 1.807) is 0 Å². The molecular formula is C15H38O6. The Kier molecular flexibility index (Phi) is 63.3. The molecule has 0 saturated heterocycles. The van der Waals surface area contributed by atoms with Gasteiger partial charge in [0.05, 0.1) is 0 Å². The molecule has 0 aromatic rings. The molecule has 0 aliphatic heterocycles. The molecule has 21 heavy (non-hydrogen) atoms. The minimum absolute atomic E-state index is 0. The van der Waals surface area contributed by atoms with Crippen molar-refractivity contribution in [1.29, 1.82) is 0 Å². The fourth-order valence-electron chi connectivity index (χ4n) is 0. The molecule has 0 saturated carbocycles. The Morgan fingerprint density at radius 1 is 0.667 bits per heavy atom. The summed E-state index contributed by atoms with van der Waals surface area (Å²) in [6, 6.07) is 0. The maximum absolute atomic E-state index is 8.56. The highest BCUT2D eigenvalue weighted by Crippen LogP contribution is 1.81. The first kappa shape index (κ1) is 36.6. The predicted molar refractivity (Wildman–Crippen MR) is 89.6 cm³/mol. The summed E-state index contributed by atoms with van der Waals surface area (Å²) in [7, 11) is 0. The third-order valence-corrected chi connectivity index (χ3v) is 0.500. The van der Waals surface area contributed by atoms with Gasteiger partial charge >= 0.3 is 12.3 Å². The summed E-state index contributed by atoms with van der Waals surface area (Å²) >= 11 is 0. The predicted octanol–water partition coefficient (Wildman–Crippen LogP) is 6.21. The van der Waals surface area contributed by atoms with Crippen molar-refractivity contribution < 1.29 is 30.0 Å². The van der Waals surface area contributed by atoms with Crippen molar-refractivity contribution in [3.8, 4) is 0 Å². The number of hydrogen-bond acceptors (Lipinski definition) is 2. The number of unbranched alkanes of at least 4 members (excludes halogenated alkanes) is 1. The molecule has 0 aromatic carbocycles. The van der Waals surface area contributed by atoms with E-state index in [0.29, 0.717) is 0 Å². The second-order valence-electron chi connectivity index (χ2n) is 5.03. The Morgan fingerprint density at radius 2 is 0.714 bits per heavy atom. The molecule has 0 aliphatic rings. The van der Waals surface area contributed by atoms with Crippen molar-refractivity contribution in [3.05, 3.63) is 0 Å². The zero-order chi connectivity index (χ0) is 17.7. The molecule has 0 spiro atoms. The van der Waals surface area contributed by atoms with E-state index in [-0.39, 0.29) is 7.43 Å². The summed E-state index contributed by atoms with van der Waals surface area (Å²) in [5.74, 6) is 1.67. The second kappa shape index (κ2) is 36.3. The molecule has 0 fully saturated rings. The van der Waals surface area contributed by atoms with Crippen molar-refractivity contribution in [2.75, 3.05) is 0 Å². The van der Waals surface area contributed by atoms with Crippen LogP contribution in [0.25, 0.3) is 0 Å². The Labute approximate surface area is 130 Å². The fraction of sp³-hybridized carbons (Fsp3) is 0.867. The van der Waals surface area contributed by atoms with Crippen LogP contribution >= 0.6 is 0 Å². The maximum Gasteiger partial charge on any atom is 0.503 e. The standard InChI is InChI=1S/3C4H10.2CH2O3.CH4/c2*1-4(2)3;1-3-4-2;2*2-1(3)4;/h2*4H,1-3H3;3-4H2,1-2H3;2*(H2,2,3,4);1H4. The van der Waals surface area contributed by atoms with Gasteiger partial charge in [-0.15, -0.1) is 0 Å².